The number of hydrogen-bond acceptors (Lipinski definition) is 3. The molecular weight excluding hydrogens is 259 g/mol. The number of benzene rings is 1. The third-order valence-electron chi connectivity index (χ3n) is 3.12. The summed E-state index contributed by atoms with van der Waals surface area (Å²) >= 11 is 0. The summed E-state index contributed by atoms with van der Waals surface area (Å²) in [4.78, 5) is 15.0. The molecule has 2 N–H and O–H groups in total. The molecule has 0 saturated heterocycles. The van der Waals surface area contributed by atoms with E-state index in [1.54, 1.807) is 13.0 Å². The van der Waals surface area contributed by atoms with E-state index in [1.807, 2.05) is 13.0 Å². The zero-order chi connectivity index (χ0) is 14.7. The molecule has 0 aliphatic heterocycles. The fourth-order valence-electron chi connectivity index (χ4n) is 1.89. The van der Waals surface area contributed by atoms with Gasteiger partial charge in [0.15, 0.2) is 0 Å². The van der Waals surface area contributed by atoms with Gasteiger partial charge in [-0.25, -0.2) is 9.18 Å². The van der Waals surface area contributed by atoms with Crippen LogP contribution in [0.1, 0.15) is 34.5 Å². The molecule has 0 aliphatic rings. The first-order chi connectivity index (χ1) is 9.49. The summed E-state index contributed by atoms with van der Waals surface area (Å²) in [5.41, 5.74) is 1.87. The third-order valence-corrected chi connectivity index (χ3v) is 3.12. The molecule has 1 aromatic carbocycles. The summed E-state index contributed by atoms with van der Waals surface area (Å²) in [6.45, 7) is 3.53. The highest BCUT2D eigenvalue weighted by molar-refractivity contribution is 5.93. The van der Waals surface area contributed by atoms with E-state index in [0.29, 0.717) is 11.3 Å². The number of carbonyl (C=O) groups is 1. The predicted octanol–water partition coefficient (Wildman–Crippen LogP) is 3.40. The van der Waals surface area contributed by atoms with Crippen LogP contribution in [0.2, 0.25) is 0 Å². The van der Waals surface area contributed by atoms with Gasteiger partial charge in [0.1, 0.15) is 5.82 Å². The molecule has 20 heavy (non-hydrogen) atoms. The van der Waals surface area contributed by atoms with E-state index in [0.717, 1.165) is 5.56 Å². The average Bonchev–Trinajstić information content (AvgIpc) is 2.42. The largest absolute Gasteiger partial charge is 0.478 e. The Hall–Kier alpha value is -2.43. The Labute approximate surface area is 116 Å². The second-order valence-electron chi connectivity index (χ2n) is 4.60. The standard InChI is InChI=1S/C15H15FN2O2/c1-9-3-4-11(7-13(9)16)10(2)18-14-8-17-6-5-12(14)15(19)20/h3-8,10,18H,1-2H3,(H,19,20). The van der Waals surface area contributed by atoms with E-state index in [2.05, 4.69) is 10.3 Å². The maximum absolute atomic E-state index is 13.6. The Morgan fingerprint density at radius 1 is 1.40 bits per heavy atom. The molecule has 0 bridgehead atoms. The van der Waals surface area contributed by atoms with Crippen LogP contribution in [0.5, 0.6) is 0 Å². The van der Waals surface area contributed by atoms with Gasteiger partial charge in [-0.05, 0) is 37.1 Å². The summed E-state index contributed by atoms with van der Waals surface area (Å²) in [6, 6.07) is 6.15. The molecule has 4 nitrogen and oxygen atoms in total. The number of carboxylic acid groups (broad SMARTS) is 1. The van der Waals surface area contributed by atoms with E-state index < -0.39 is 5.97 Å². The molecule has 0 radical (unpaired) electrons. The number of rotatable bonds is 4. The average molecular weight is 274 g/mol. The molecule has 0 saturated carbocycles. The van der Waals surface area contributed by atoms with Crippen molar-refractivity contribution in [3.05, 3.63) is 59.2 Å². The number of nitrogens with zero attached hydrogens (tertiary/aromatic N) is 1. The van der Waals surface area contributed by atoms with Crippen molar-refractivity contribution in [3.8, 4) is 0 Å². The first kappa shape index (κ1) is 14.0. The highest BCUT2D eigenvalue weighted by atomic mass is 19.1. The van der Waals surface area contributed by atoms with Crippen LogP contribution >= 0.6 is 0 Å². The van der Waals surface area contributed by atoms with Crippen molar-refractivity contribution in [1.82, 2.24) is 4.98 Å². The third kappa shape index (κ3) is 2.93. The Morgan fingerprint density at radius 3 is 2.80 bits per heavy atom. The summed E-state index contributed by atoms with van der Waals surface area (Å²) in [6.07, 6.45) is 2.87. The number of carboxylic acids is 1. The van der Waals surface area contributed by atoms with Gasteiger partial charge in [0, 0.05) is 12.2 Å². The summed E-state index contributed by atoms with van der Waals surface area (Å²) in [5, 5.41) is 12.1. The van der Waals surface area contributed by atoms with E-state index in [-0.39, 0.29) is 17.4 Å². The summed E-state index contributed by atoms with van der Waals surface area (Å²) in [5.74, 6) is -1.31. The number of nitrogens with one attached hydrogen (secondary N) is 1. The molecule has 1 atom stereocenters. The molecule has 1 heterocycles. The Morgan fingerprint density at radius 2 is 2.15 bits per heavy atom. The van der Waals surface area contributed by atoms with Crippen molar-refractivity contribution in [2.75, 3.05) is 5.32 Å². The lowest BCUT2D eigenvalue weighted by Crippen LogP contribution is -2.11. The van der Waals surface area contributed by atoms with Crippen LogP contribution in [0.3, 0.4) is 0 Å². The van der Waals surface area contributed by atoms with Gasteiger partial charge >= 0.3 is 5.97 Å². The van der Waals surface area contributed by atoms with Gasteiger partial charge in [0.05, 0.1) is 17.4 Å². The number of anilines is 1. The number of aryl methyl sites for hydroxylation is 1. The molecule has 2 aromatic rings. The number of aromatic carboxylic acids is 1. The Kier molecular flexibility index (Phi) is 3.98. The first-order valence-electron chi connectivity index (χ1n) is 6.19. The van der Waals surface area contributed by atoms with Gasteiger partial charge in [-0.3, -0.25) is 4.98 Å². The highest BCUT2D eigenvalue weighted by Crippen LogP contribution is 2.23. The molecule has 1 aromatic heterocycles. The molecule has 0 aliphatic carbocycles. The lowest BCUT2D eigenvalue weighted by atomic mass is 10.1. The SMILES string of the molecule is Cc1ccc(C(C)Nc2cnccc2C(=O)O)cc1F. The topological polar surface area (TPSA) is 62.2 Å². The molecule has 2 rings (SSSR count). The molecule has 1 unspecified atom stereocenters. The molecular formula is C15H15FN2O2. The number of aromatic nitrogens is 1. The van der Waals surface area contributed by atoms with Crippen molar-refractivity contribution in [1.29, 1.82) is 0 Å². The summed E-state index contributed by atoms with van der Waals surface area (Å²) < 4.78 is 13.6. The highest BCUT2D eigenvalue weighted by Gasteiger charge is 2.13. The minimum atomic E-state index is -1.03. The molecule has 0 fully saturated rings. The summed E-state index contributed by atoms with van der Waals surface area (Å²) in [7, 11) is 0. The van der Waals surface area contributed by atoms with Crippen LogP contribution in [0.25, 0.3) is 0 Å². The zero-order valence-corrected chi connectivity index (χ0v) is 11.2. The van der Waals surface area contributed by atoms with Crippen molar-refractivity contribution < 1.29 is 14.3 Å². The predicted molar refractivity (Wildman–Crippen MR) is 74.4 cm³/mol. The van der Waals surface area contributed by atoms with Crippen molar-refractivity contribution in [3.63, 3.8) is 0 Å². The monoisotopic (exact) mass is 274 g/mol. The van der Waals surface area contributed by atoms with Gasteiger partial charge in [-0.2, -0.15) is 0 Å². The van der Waals surface area contributed by atoms with E-state index in [9.17, 15) is 9.18 Å². The second-order valence-corrected chi connectivity index (χ2v) is 4.60. The minimum absolute atomic E-state index is 0.138. The molecule has 5 heteroatoms. The van der Waals surface area contributed by atoms with Crippen molar-refractivity contribution in [2.45, 2.75) is 19.9 Å². The van der Waals surface area contributed by atoms with Gasteiger partial charge in [-0.1, -0.05) is 12.1 Å². The van der Waals surface area contributed by atoms with Gasteiger partial charge in [0.25, 0.3) is 0 Å². The van der Waals surface area contributed by atoms with Crippen LogP contribution in [0.4, 0.5) is 10.1 Å². The van der Waals surface area contributed by atoms with Crippen LogP contribution in [-0.2, 0) is 0 Å². The molecule has 0 spiro atoms. The second kappa shape index (κ2) is 5.69. The maximum atomic E-state index is 13.6. The Bertz CT molecular complexity index is 644. The molecule has 0 amide bonds. The van der Waals surface area contributed by atoms with E-state index in [1.165, 1.54) is 24.5 Å². The van der Waals surface area contributed by atoms with Gasteiger partial charge in [0.2, 0.25) is 0 Å². The van der Waals surface area contributed by atoms with Crippen LogP contribution in [-0.4, -0.2) is 16.1 Å². The van der Waals surface area contributed by atoms with Crippen LogP contribution < -0.4 is 5.32 Å². The van der Waals surface area contributed by atoms with Crippen molar-refractivity contribution >= 4 is 11.7 Å². The number of hydrogen-bond donors (Lipinski definition) is 2. The lowest BCUT2D eigenvalue weighted by molar-refractivity contribution is 0.0697. The van der Waals surface area contributed by atoms with Crippen LogP contribution in [0.15, 0.2) is 36.7 Å². The van der Waals surface area contributed by atoms with Gasteiger partial charge in [-0.15, -0.1) is 0 Å². The number of halogens is 1. The minimum Gasteiger partial charge on any atom is -0.478 e. The van der Waals surface area contributed by atoms with E-state index in [4.69, 9.17) is 5.11 Å². The fraction of sp³-hybridized carbons (Fsp3) is 0.200. The van der Waals surface area contributed by atoms with Gasteiger partial charge < -0.3 is 10.4 Å². The first-order valence-corrected chi connectivity index (χ1v) is 6.19. The normalized spacial score (nSPS) is 11.9. The van der Waals surface area contributed by atoms with Crippen LogP contribution in [0, 0.1) is 12.7 Å². The van der Waals surface area contributed by atoms with E-state index >= 15 is 0 Å². The maximum Gasteiger partial charge on any atom is 0.337 e. The van der Waals surface area contributed by atoms with Crippen molar-refractivity contribution in [2.24, 2.45) is 0 Å². The zero-order valence-electron chi connectivity index (χ0n) is 11.2. The number of pyridine rings is 1. The molecule has 104 valence electrons. The quantitative estimate of drug-likeness (QED) is 0.897. The lowest BCUT2D eigenvalue weighted by Gasteiger charge is -2.17. The Balaban J connectivity index is 2.25. The smallest absolute Gasteiger partial charge is 0.337 e. The fourth-order valence-corrected chi connectivity index (χ4v) is 1.89.